The van der Waals surface area contributed by atoms with Crippen LogP contribution in [0.15, 0.2) is 60.8 Å². The molecule has 4 rings (SSSR count). The van der Waals surface area contributed by atoms with Crippen molar-refractivity contribution in [2.45, 2.75) is 64.5 Å². The van der Waals surface area contributed by atoms with Crippen LogP contribution in [0.2, 0.25) is 0 Å². The maximum absolute atomic E-state index is 13.4. The Bertz CT molecular complexity index is 1280. The third kappa shape index (κ3) is 8.18. The van der Waals surface area contributed by atoms with Gasteiger partial charge in [-0.25, -0.2) is 9.78 Å². The van der Waals surface area contributed by atoms with Gasteiger partial charge in [0.05, 0.1) is 29.6 Å². The van der Waals surface area contributed by atoms with Crippen LogP contribution in [0.4, 0.5) is 4.79 Å². The zero-order valence-electron chi connectivity index (χ0n) is 22.9. The van der Waals surface area contributed by atoms with E-state index in [0.29, 0.717) is 30.3 Å². The Morgan fingerprint density at radius 1 is 1.08 bits per heavy atom. The van der Waals surface area contributed by atoms with Crippen LogP contribution in [0.3, 0.4) is 0 Å². The molecule has 1 unspecified atom stereocenters. The first-order valence-corrected chi connectivity index (χ1v) is 13.6. The predicted molar refractivity (Wildman–Crippen MR) is 149 cm³/mol. The van der Waals surface area contributed by atoms with Gasteiger partial charge in [-0.05, 0) is 82.1 Å². The monoisotopic (exact) mass is 527 g/mol. The summed E-state index contributed by atoms with van der Waals surface area (Å²) in [7, 11) is 0. The van der Waals surface area contributed by atoms with Gasteiger partial charge in [0.1, 0.15) is 11.4 Å². The van der Waals surface area contributed by atoms with Gasteiger partial charge in [-0.15, -0.1) is 0 Å². The maximum atomic E-state index is 13.4. The molecule has 0 spiro atoms. The number of nitriles is 1. The van der Waals surface area contributed by atoms with Crippen molar-refractivity contribution in [3.05, 3.63) is 77.7 Å². The van der Waals surface area contributed by atoms with Crippen molar-refractivity contribution in [1.29, 1.82) is 5.26 Å². The van der Waals surface area contributed by atoms with Crippen LogP contribution in [0, 0.1) is 23.2 Å². The smallest absolute Gasteiger partial charge is 0.407 e. The van der Waals surface area contributed by atoms with Crippen molar-refractivity contribution in [3.8, 4) is 17.3 Å². The van der Waals surface area contributed by atoms with E-state index in [9.17, 15) is 9.59 Å². The van der Waals surface area contributed by atoms with Crippen molar-refractivity contribution >= 4 is 12.0 Å². The van der Waals surface area contributed by atoms with Crippen LogP contribution in [-0.4, -0.2) is 34.1 Å². The SMILES string of the molecule is CC(C)(C)OC(=O)NCC1CCC(C(=O)NC(Cc2ccccc2)c2ncc(-c3ccc(C#N)cc3)[nH]2)CC1. The number of hydrogen-bond acceptors (Lipinski definition) is 5. The molecule has 3 N–H and O–H groups in total. The van der Waals surface area contributed by atoms with E-state index in [1.165, 1.54) is 0 Å². The summed E-state index contributed by atoms with van der Waals surface area (Å²) in [5.74, 6) is 0.989. The number of ether oxygens (including phenoxy) is 1. The molecule has 0 saturated heterocycles. The molecule has 0 bridgehead atoms. The third-order valence-corrected chi connectivity index (χ3v) is 7.00. The van der Waals surface area contributed by atoms with E-state index in [2.05, 4.69) is 26.7 Å². The molecule has 2 aromatic carbocycles. The number of benzene rings is 2. The maximum Gasteiger partial charge on any atom is 0.407 e. The lowest BCUT2D eigenvalue weighted by Crippen LogP contribution is -2.39. The van der Waals surface area contributed by atoms with Gasteiger partial charge >= 0.3 is 6.09 Å². The Hall–Kier alpha value is -4.12. The molecule has 1 fully saturated rings. The number of rotatable bonds is 8. The van der Waals surface area contributed by atoms with Crippen molar-refractivity contribution in [2.24, 2.45) is 11.8 Å². The summed E-state index contributed by atoms with van der Waals surface area (Å²) in [6.45, 7) is 6.10. The Kier molecular flexibility index (Phi) is 9.03. The van der Waals surface area contributed by atoms with Crippen LogP contribution in [0.25, 0.3) is 11.3 Å². The highest BCUT2D eigenvalue weighted by molar-refractivity contribution is 5.79. The fourth-order valence-corrected chi connectivity index (χ4v) is 4.91. The van der Waals surface area contributed by atoms with Gasteiger partial charge in [-0.2, -0.15) is 5.26 Å². The van der Waals surface area contributed by atoms with Crippen molar-refractivity contribution in [2.75, 3.05) is 6.54 Å². The molecule has 1 aliphatic rings. The number of alkyl carbamates (subject to hydrolysis) is 1. The first kappa shape index (κ1) is 27.9. The average Bonchev–Trinajstić information content (AvgIpc) is 3.42. The van der Waals surface area contributed by atoms with E-state index < -0.39 is 11.7 Å². The fraction of sp³-hybridized carbons (Fsp3) is 0.419. The van der Waals surface area contributed by atoms with E-state index in [4.69, 9.17) is 10.00 Å². The normalized spacial score (nSPS) is 18.0. The zero-order valence-corrected chi connectivity index (χ0v) is 22.9. The van der Waals surface area contributed by atoms with Crippen LogP contribution in [0.1, 0.15) is 69.4 Å². The number of aromatic amines is 1. The number of amides is 2. The molecular formula is C31H37N5O3. The topological polar surface area (TPSA) is 120 Å². The number of carbonyl (C=O) groups excluding carboxylic acids is 2. The summed E-state index contributed by atoms with van der Waals surface area (Å²) in [6, 6.07) is 19.2. The summed E-state index contributed by atoms with van der Waals surface area (Å²) in [4.78, 5) is 33.4. The standard InChI is InChI=1S/C31H37N5O3/c1-31(2,3)39-30(38)34-19-23-11-15-25(16-12-23)29(37)36-26(17-21-7-5-4-6-8-21)28-33-20-27(35-28)24-13-9-22(18-32)10-14-24/h4-10,13-14,20,23,25-26H,11-12,15-17,19H2,1-3H3,(H,33,35)(H,34,38)(H,36,37). The van der Waals surface area contributed by atoms with Crippen LogP contribution >= 0.6 is 0 Å². The second-order valence-corrected chi connectivity index (χ2v) is 11.2. The van der Waals surface area contributed by atoms with Crippen molar-refractivity contribution < 1.29 is 14.3 Å². The number of nitrogens with zero attached hydrogens (tertiary/aromatic N) is 2. The van der Waals surface area contributed by atoms with E-state index in [0.717, 1.165) is 42.5 Å². The highest BCUT2D eigenvalue weighted by Crippen LogP contribution is 2.30. The van der Waals surface area contributed by atoms with Gasteiger partial charge < -0.3 is 20.4 Å². The molecule has 1 atom stereocenters. The van der Waals surface area contributed by atoms with Gasteiger partial charge in [-0.3, -0.25) is 4.79 Å². The lowest BCUT2D eigenvalue weighted by atomic mass is 9.81. The van der Waals surface area contributed by atoms with Crippen LogP contribution in [-0.2, 0) is 16.0 Å². The molecule has 204 valence electrons. The first-order chi connectivity index (χ1) is 18.7. The molecule has 3 aromatic rings. The second-order valence-electron chi connectivity index (χ2n) is 11.2. The van der Waals surface area contributed by atoms with Crippen LogP contribution in [0.5, 0.6) is 0 Å². The molecule has 8 heteroatoms. The molecule has 8 nitrogen and oxygen atoms in total. The van der Waals surface area contributed by atoms with E-state index in [-0.39, 0.29) is 17.9 Å². The molecule has 0 radical (unpaired) electrons. The zero-order chi connectivity index (χ0) is 27.8. The Balaban J connectivity index is 1.38. The predicted octanol–water partition coefficient (Wildman–Crippen LogP) is 5.68. The second kappa shape index (κ2) is 12.6. The number of carbonyl (C=O) groups is 2. The number of aromatic nitrogens is 2. The van der Waals surface area contributed by atoms with E-state index in [1.54, 1.807) is 18.3 Å². The van der Waals surface area contributed by atoms with Crippen molar-refractivity contribution in [3.63, 3.8) is 0 Å². The number of imidazole rings is 1. The summed E-state index contributed by atoms with van der Waals surface area (Å²) in [5, 5.41) is 15.2. The summed E-state index contributed by atoms with van der Waals surface area (Å²) >= 11 is 0. The molecule has 1 heterocycles. The van der Waals surface area contributed by atoms with E-state index in [1.807, 2.05) is 63.2 Å². The highest BCUT2D eigenvalue weighted by atomic mass is 16.6. The Morgan fingerprint density at radius 3 is 2.41 bits per heavy atom. The van der Waals surface area contributed by atoms with Gasteiger partial charge in [0, 0.05) is 12.5 Å². The molecule has 1 aromatic heterocycles. The summed E-state index contributed by atoms with van der Waals surface area (Å²) in [6.07, 6.45) is 5.29. The average molecular weight is 528 g/mol. The first-order valence-electron chi connectivity index (χ1n) is 13.6. The Morgan fingerprint density at radius 2 is 1.77 bits per heavy atom. The number of nitrogens with one attached hydrogen (secondary N) is 3. The fourth-order valence-electron chi connectivity index (χ4n) is 4.91. The quantitative estimate of drug-likeness (QED) is 0.348. The van der Waals surface area contributed by atoms with Crippen LogP contribution < -0.4 is 10.6 Å². The minimum Gasteiger partial charge on any atom is -0.444 e. The van der Waals surface area contributed by atoms with Gasteiger partial charge in [0.2, 0.25) is 5.91 Å². The third-order valence-electron chi connectivity index (χ3n) is 7.00. The molecule has 1 saturated carbocycles. The minimum absolute atomic E-state index is 0.0332. The Labute approximate surface area is 230 Å². The molecule has 1 aliphatic carbocycles. The lowest BCUT2D eigenvalue weighted by molar-refractivity contribution is -0.127. The number of H-pyrrole nitrogens is 1. The summed E-state index contributed by atoms with van der Waals surface area (Å²) < 4.78 is 5.33. The number of hydrogen-bond donors (Lipinski definition) is 3. The summed E-state index contributed by atoms with van der Waals surface area (Å²) in [5.41, 5.74) is 2.95. The van der Waals surface area contributed by atoms with E-state index >= 15 is 0 Å². The van der Waals surface area contributed by atoms with Crippen molar-refractivity contribution in [1.82, 2.24) is 20.6 Å². The van der Waals surface area contributed by atoms with Gasteiger partial charge in [-0.1, -0.05) is 42.5 Å². The highest BCUT2D eigenvalue weighted by Gasteiger charge is 2.29. The lowest BCUT2D eigenvalue weighted by Gasteiger charge is -2.29. The van der Waals surface area contributed by atoms with Gasteiger partial charge in [0.25, 0.3) is 0 Å². The largest absolute Gasteiger partial charge is 0.444 e. The van der Waals surface area contributed by atoms with Gasteiger partial charge in [0.15, 0.2) is 0 Å². The molecular weight excluding hydrogens is 490 g/mol. The molecule has 0 aliphatic heterocycles. The molecule has 2 amide bonds. The minimum atomic E-state index is -0.521. The molecule has 39 heavy (non-hydrogen) atoms.